The number of halogens is 1. The molecule has 19 heavy (non-hydrogen) atoms. The first-order valence-electron chi connectivity index (χ1n) is 6.36. The van der Waals surface area contributed by atoms with E-state index in [2.05, 4.69) is 18.8 Å². The summed E-state index contributed by atoms with van der Waals surface area (Å²) in [5.74, 6) is 0.0920. The van der Waals surface area contributed by atoms with Crippen molar-refractivity contribution in [3.8, 4) is 11.3 Å². The van der Waals surface area contributed by atoms with Crippen LogP contribution in [0.25, 0.3) is 11.3 Å². The van der Waals surface area contributed by atoms with Gasteiger partial charge in [0.1, 0.15) is 5.82 Å². The van der Waals surface area contributed by atoms with E-state index in [4.69, 9.17) is 4.74 Å². The summed E-state index contributed by atoms with van der Waals surface area (Å²) in [5, 5.41) is 0. The fourth-order valence-corrected chi connectivity index (χ4v) is 2.06. The standard InChI is InChI=1S/C16H18FNO/c1-11(2)16-13(10-19-3)6-9-15(18-16)12-4-7-14(17)8-5-12/h4-9,11H,10H2,1-3H3. The van der Waals surface area contributed by atoms with Crippen LogP contribution in [0.4, 0.5) is 4.39 Å². The molecule has 3 heteroatoms. The monoisotopic (exact) mass is 259 g/mol. The average Bonchev–Trinajstić information content (AvgIpc) is 2.40. The highest BCUT2D eigenvalue weighted by Gasteiger charge is 2.10. The lowest BCUT2D eigenvalue weighted by Crippen LogP contribution is -2.02. The van der Waals surface area contributed by atoms with E-state index >= 15 is 0 Å². The Bertz CT molecular complexity index is 549. The number of pyridine rings is 1. The van der Waals surface area contributed by atoms with Crippen LogP contribution in [0.3, 0.4) is 0 Å². The van der Waals surface area contributed by atoms with Gasteiger partial charge in [-0.1, -0.05) is 19.9 Å². The van der Waals surface area contributed by atoms with Crippen molar-refractivity contribution in [1.29, 1.82) is 0 Å². The zero-order valence-corrected chi connectivity index (χ0v) is 11.5. The molecule has 0 radical (unpaired) electrons. The number of ether oxygens (including phenoxy) is 1. The summed E-state index contributed by atoms with van der Waals surface area (Å²) in [4.78, 5) is 4.69. The van der Waals surface area contributed by atoms with Gasteiger partial charge in [-0.25, -0.2) is 4.39 Å². The highest BCUT2D eigenvalue weighted by Crippen LogP contribution is 2.24. The number of nitrogens with zero attached hydrogens (tertiary/aromatic N) is 1. The summed E-state index contributed by atoms with van der Waals surface area (Å²) < 4.78 is 18.1. The Morgan fingerprint density at radius 2 is 1.79 bits per heavy atom. The van der Waals surface area contributed by atoms with Crippen LogP contribution in [0.2, 0.25) is 0 Å². The average molecular weight is 259 g/mol. The Balaban J connectivity index is 2.42. The molecule has 1 heterocycles. The van der Waals surface area contributed by atoms with Gasteiger partial charge in [0.05, 0.1) is 12.3 Å². The normalized spacial score (nSPS) is 11.0. The molecular weight excluding hydrogens is 241 g/mol. The molecule has 1 aromatic carbocycles. The summed E-state index contributed by atoms with van der Waals surface area (Å²) in [5.41, 5.74) is 3.92. The van der Waals surface area contributed by atoms with Crippen LogP contribution < -0.4 is 0 Å². The molecule has 0 unspecified atom stereocenters. The van der Waals surface area contributed by atoms with Gasteiger partial charge in [0.2, 0.25) is 0 Å². The van der Waals surface area contributed by atoms with Gasteiger partial charge in [-0.15, -0.1) is 0 Å². The van der Waals surface area contributed by atoms with Crippen molar-refractivity contribution in [2.24, 2.45) is 0 Å². The number of hydrogen-bond acceptors (Lipinski definition) is 2. The van der Waals surface area contributed by atoms with Gasteiger partial charge >= 0.3 is 0 Å². The zero-order chi connectivity index (χ0) is 13.8. The van der Waals surface area contributed by atoms with Crippen molar-refractivity contribution >= 4 is 0 Å². The van der Waals surface area contributed by atoms with E-state index in [1.807, 2.05) is 12.1 Å². The van der Waals surface area contributed by atoms with E-state index in [1.54, 1.807) is 19.2 Å². The van der Waals surface area contributed by atoms with Gasteiger partial charge in [-0.05, 0) is 41.8 Å². The van der Waals surface area contributed by atoms with Gasteiger partial charge < -0.3 is 4.74 Å². The lowest BCUT2D eigenvalue weighted by Gasteiger charge is -2.13. The molecule has 2 aromatic rings. The largest absolute Gasteiger partial charge is 0.380 e. The van der Waals surface area contributed by atoms with E-state index < -0.39 is 0 Å². The van der Waals surface area contributed by atoms with Crippen molar-refractivity contribution in [3.63, 3.8) is 0 Å². The van der Waals surface area contributed by atoms with E-state index in [1.165, 1.54) is 12.1 Å². The summed E-state index contributed by atoms with van der Waals surface area (Å²) >= 11 is 0. The first-order valence-corrected chi connectivity index (χ1v) is 6.36. The van der Waals surface area contributed by atoms with Crippen molar-refractivity contribution in [3.05, 3.63) is 53.5 Å². The molecule has 0 bridgehead atoms. The smallest absolute Gasteiger partial charge is 0.123 e. The predicted octanol–water partition coefficient (Wildman–Crippen LogP) is 4.16. The molecule has 0 aliphatic rings. The van der Waals surface area contributed by atoms with Gasteiger partial charge in [0.25, 0.3) is 0 Å². The molecule has 100 valence electrons. The fraction of sp³-hybridized carbons (Fsp3) is 0.312. The molecule has 0 aliphatic heterocycles. The van der Waals surface area contributed by atoms with Crippen LogP contribution in [0.15, 0.2) is 36.4 Å². The van der Waals surface area contributed by atoms with E-state index in [0.29, 0.717) is 12.5 Å². The molecule has 0 atom stereocenters. The van der Waals surface area contributed by atoms with Crippen molar-refractivity contribution < 1.29 is 9.13 Å². The first-order chi connectivity index (χ1) is 9.11. The zero-order valence-electron chi connectivity index (χ0n) is 11.5. The molecule has 0 saturated carbocycles. The summed E-state index contributed by atoms with van der Waals surface area (Å²) in [6, 6.07) is 10.4. The third kappa shape index (κ3) is 3.18. The van der Waals surface area contributed by atoms with Gasteiger partial charge in [0.15, 0.2) is 0 Å². The molecule has 0 aliphatic carbocycles. The Labute approximate surface area is 113 Å². The van der Waals surface area contributed by atoms with Crippen LogP contribution in [0.5, 0.6) is 0 Å². The molecule has 0 spiro atoms. The van der Waals surface area contributed by atoms with E-state index in [-0.39, 0.29) is 5.82 Å². The second kappa shape index (κ2) is 5.93. The predicted molar refractivity (Wildman–Crippen MR) is 74.4 cm³/mol. The summed E-state index contributed by atoms with van der Waals surface area (Å²) in [7, 11) is 1.68. The number of hydrogen-bond donors (Lipinski definition) is 0. The second-order valence-corrected chi connectivity index (χ2v) is 4.84. The topological polar surface area (TPSA) is 22.1 Å². The van der Waals surface area contributed by atoms with E-state index in [0.717, 1.165) is 22.5 Å². The lowest BCUT2D eigenvalue weighted by atomic mass is 10.0. The molecule has 0 amide bonds. The molecule has 1 aromatic heterocycles. The second-order valence-electron chi connectivity index (χ2n) is 4.84. The van der Waals surface area contributed by atoms with Crippen LogP contribution >= 0.6 is 0 Å². The third-order valence-corrected chi connectivity index (χ3v) is 3.00. The fourth-order valence-electron chi connectivity index (χ4n) is 2.06. The Kier molecular flexibility index (Phi) is 4.27. The highest BCUT2D eigenvalue weighted by atomic mass is 19.1. The van der Waals surface area contributed by atoms with Crippen LogP contribution in [0.1, 0.15) is 31.0 Å². The Hall–Kier alpha value is -1.74. The summed E-state index contributed by atoms with van der Waals surface area (Å²) in [6.45, 7) is 4.77. The number of methoxy groups -OCH3 is 1. The lowest BCUT2D eigenvalue weighted by molar-refractivity contribution is 0.183. The first kappa shape index (κ1) is 13.7. The van der Waals surface area contributed by atoms with Crippen molar-refractivity contribution in [1.82, 2.24) is 4.98 Å². The molecule has 2 rings (SSSR count). The maximum Gasteiger partial charge on any atom is 0.123 e. The quantitative estimate of drug-likeness (QED) is 0.822. The maximum atomic E-state index is 12.9. The third-order valence-electron chi connectivity index (χ3n) is 3.00. The van der Waals surface area contributed by atoms with Gasteiger partial charge in [0, 0.05) is 18.4 Å². The van der Waals surface area contributed by atoms with Crippen LogP contribution in [-0.2, 0) is 11.3 Å². The molecular formula is C16H18FNO. The van der Waals surface area contributed by atoms with Crippen molar-refractivity contribution in [2.45, 2.75) is 26.4 Å². The maximum absolute atomic E-state index is 12.9. The Morgan fingerprint density at radius 3 is 2.37 bits per heavy atom. The molecule has 2 nitrogen and oxygen atoms in total. The summed E-state index contributed by atoms with van der Waals surface area (Å²) in [6.07, 6.45) is 0. The minimum absolute atomic E-state index is 0.233. The minimum atomic E-state index is -0.233. The van der Waals surface area contributed by atoms with Crippen LogP contribution in [0, 0.1) is 5.82 Å². The number of rotatable bonds is 4. The minimum Gasteiger partial charge on any atom is -0.380 e. The molecule has 0 saturated heterocycles. The van der Waals surface area contributed by atoms with Crippen molar-refractivity contribution in [2.75, 3.05) is 7.11 Å². The SMILES string of the molecule is COCc1ccc(-c2ccc(F)cc2)nc1C(C)C. The Morgan fingerprint density at radius 1 is 1.11 bits per heavy atom. The van der Waals surface area contributed by atoms with E-state index in [9.17, 15) is 4.39 Å². The van der Waals surface area contributed by atoms with Gasteiger partial charge in [-0.3, -0.25) is 4.98 Å². The highest BCUT2D eigenvalue weighted by molar-refractivity contribution is 5.59. The molecule has 0 N–H and O–H groups in total. The number of aromatic nitrogens is 1. The number of benzene rings is 1. The van der Waals surface area contributed by atoms with Crippen LogP contribution in [-0.4, -0.2) is 12.1 Å². The molecule has 0 fully saturated rings. The van der Waals surface area contributed by atoms with Gasteiger partial charge in [-0.2, -0.15) is 0 Å².